The number of nitro benzene ring substituents is 1. The third kappa shape index (κ3) is 3.51. The van der Waals surface area contributed by atoms with Gasteiger partial charge in [-0.3, -0.25) is 14.9 Å². The Morgan fingerprint density at radius 3 is 2.52 bits per heavy atom. The molecule has 108 valence electrons. The van der Waals surface area contributed by atoms with Crippen molar-refractivity contribution in [3.05, 3.63) is 67.7 Å². The fraction of sp³-hybridized carbons (Fsp3) is 0.0714. The molecule has 7 heteroatoms. The number of hydrogen-bond donors (Lipinski definition) is 1. The Hall–Kier alpha value is -2.11. The number of benzene rings is 2. The third-order valence-electron chi connectivity index (χ3n) is 2.77. The first kappa shape index (κ1) is 15.3. The molecule has 0 fully saturated rings. The molecule has 1 N–H and O–H groups in total. The summed E-state index contributed by atoms with van der Waals surface area (Å²) in [5, 5.41) is 13.9. The van der Waals surface area contributed by atoms with Gasteiger partial charge in [0.2, 0.25) is 0 Å². The van der Waals surface area contributed by atoms with Crippen LogP contribution in [0.4, 0.5) is 11.4 Å². The van der Waals surface area contributed by atoms with Gasteiger partial charge >= 0.3 is 0 Å². The normalized spacial score (nSPS) is 10.2. The molecular weight excluding hydrogens is 315 g/mol. The summed E-state index contributed by atoms with van der Waals surface area (Å²) < 4.78 is 0. The van der Waals surface area contributed by atoms with Gasteiger partial charge in [-0.05, 0) is 36.8 Å². The van der Waals surface area contributed by atoms with E-state index in [1.165, 1.54) is 18.2 Å². The number of nitrogens with one attached hydrogen (secondary N) is 1. The van der Waals surface area contributed by atoms with Crippen molar-refractivity contribution >= 4 is 40.5 Å². The highest BCUT2D eigenvalue weighted by Gasteiger charge is 2.18. The second-order valence-corrected chi connectivity index (χ2v) is 5.20. The van der Waals surface area contributed by atoms with Crippen molar-refractivity contribution in [2.45, 2.75) is 6.92 Å². The Balaban J connectivity index is 2.34. The zero-order chi connectivity index (χ0) is 15.6. The maximum Gasteiger partial charge on any atom is 0.294 e. The zero-order valence-corrected chi connectivity index (χ0v) is 12.4. The van der Waals surface area contributed by atoms with Crippen molar-refractivity contribution in [2.24, 2.45) is 0 Å². The molecule has 2 aromatic carbocycles. The van der Waals surface area contributed by atoms with E-state index in [0.29, 0.717) is 0 Å². The zero-order valence-electron chi connectivity index (χ0n) is 10.9. The first-order chi connectivity index (χ1) is 9.88. The van der Waals surface area contributed by atoms with Crippen LogP contribution in [0.3, 0.4) is 0 Å². The summed E-state index contributed by atoms with van der Waals surface area (Å²) in [6, 6.07) is 8.95. The molecule has 2 rings (SSSR count). The summed E-state index contributed by atoms with van der Waals surface area (Å²) in [7, 11) is 0. The van der Waals surface area contributed by atoms with E-state index >= 15 is 0 Å². The number of nitro groups is 1. The van der Waals surface area contributed by atoms with Gasteiger partial charge in [-0.15, -0.1) is 0 Å². The SMILES string of the molecule is Cc1ccc(C(=O)Nc2ccc(Cl)cc2[N+](=O)[O-])c(Cl)c1. The number of carbonyl (C=O) groups is 1. The molecule has 0 heterocycles. The van der Waals surface area contributed by atoms with Crippen LogP contribution in [0.2, 0.25) is 10.0 Å². The van der Waals surface area contributed by atoms with Gasteiger partial charge < -0.3 is 5.32 Å². The highest BCUT2D eigenvalue weighted by molar-refractivity contribution is 6.34. The van der Waals surface area contributed by atoms with Crippen LogP contribution in [-0.4, -0.2) is 10.8 Å². The predicted octanol–water partition coefficient (Wildman–Crippen LogP) is 4.46. The molecule has 0 radical (unpaired) electrons. The quantitative estimate of drug-likeness (QED) is 0.669. The van der Waals surface area contributed by atoms with Crippen LogP contribution < -0.4 is 5.32 Å². The van der Waals surface area contributed by atoms with Gasteiger partial charge in [-0.25, -0.2) is 0 Å². The van der Waals surface area contributed by atoms with E-state index < -0.39 is 10.8 Å². The van der Waals surface area contributed by atoms with Gasteiger partial charge in [-0.2, -0.15) is 0 Å². The smallest absolute Gasteiger partial charge is 0.294 e. The van der Waals surface area contributed by atoms with Crippen molar-refractivity contribution in [3.8, 4) is 0 Å². The van der Waals surface area contributed by atoms with E-state index in [1.807, 2.05) is 6.92 Å². The monoisotopic (exact) mass is 324 g/mol. The molecule has 0 spiro atoms. The molecule has 0 saturated heterocycles. The van der Waals surface area contributed by atoms with E-state index in [0.717, 1.165) is 5.56 Å². The molecule has 0 aromatic heterocycles. The molecule has 0 aliphatic heterocycles. The van der Waals surface area contributed by atoms with Crippen molar-refractivity contribution in [3.63, 3.8) is 0 Å². The Morgan fingerprint density at radius 2 is 1.90 bits per heavy atom. The third-order valence-corrected chi connectivity index (χ3v) is 3.32. The molecule has 21 heavy (non-hydrogen) atoms. The molecule has 0 atom stereocenters. The number of hydrogen-bond acceptors (Lipinski definition) is 3. The van der Waals surface area contributed by atoms with E-state index in [-0.39, 0.29) is 27.0 Å². The maximum atomic E-state index is 12.2. The summed E-state index contributed by atoms with van der Waals surface area (Å²) >= 11 is 11.7. The summed E-state index contributed by atoms with van der Waals surface area (Å²) in [4.78, 5) is 22.5. The Kier molecular flexibility index (Phi) is 4.45. The lowest BCUT2D eigenvalue weighted by atomic mass is 10.1. The van der Waals surface area contributed by atoms with Gasteiger partial charge in [0.15, 0.2) is 0 Å². The molecule has 0 bridgehead atoms. The molecule has 0 saturated carbocycles. The molecule has 0 aliphatic rings. The van der Waals surface area contributed by atoms with Crippen LogP contribution in [0.15, 0.2) is 36.4 Å². The minimum atomic E-state index is -0.613. The van der Waals surface area contributed by atoms with E-state index in [9.17, 15) is 14.9 Å². The highest BCUT2D eigenvalue weighted by Crippen LogP contribution is 2.28. The number of amides is 1. The molecule has 1 amide bonds. The van der Waals surface area contributed by atoms with Crippen molar-refractivity contribution in [1.29, 1.82) is 0 Å². The molecule has 0 aliphatic carbocycles. The number of rotatable bonds is 3. The van der Waals surface area contributed by atoms with Gasteiger partial charge in [0.05, 0.1) is 15.5 Å². The first-order valence-electron chi connectivity index (χ1n) is 5.90. The second kappa shape index (κ2) is 6.11. The number of nitrogens with zero attached hydrogens (tertiary/aromatic N) is 1. The number of aryl methyl sites for hydroxylation is 1. The summed E-state index contributed by atoms with van der Waals surface area (Å²) in [5.41, 5.74) is 0.936. The average molecular weight is 325 g/mol. The minimum Gasteiger partial charge on any atom is -0.316 e. The largest absolute Gasteiger partial charge is 0.316 e. The van der Waals surface area contributed by atoms with Crippen LogP contribution in [-0.2, 0) is 0 Å². The number of anilines is 1. The van der Waals surface area contributed by atoms with Crippen molar-refractivity contribution in [2.75, 3.05) is 5.32 Å². The van der Waals surface area contributed by atoms with Crippen LogP contribution in [0, 0.1) is 17.0 Å². The average Bonchev–Trinajstić information content (AvgIpc) is 2.40. The second-order valence-electron chi connectivity index (χ2n) is 4.36. The number of carbonyl (C=O) groups excluding carboxylic acids is 1. The summed E-state index contributed by atoms with van der Waals surface area (Å²) in [6.07, 6.45) is 0. The Bertz CT molecular complexity index is 732. The lowest BCUT2D eigenvalue weighted by molar-refractivity contribution is -0.383. The lowest BCUT2D eigenvalue weighted by Gasteiger charge is -2.08. The topological polar surface area (TPSA) is 72.2 Å². The fourth-order valence-electron chi connectivity index (χ4n) is 1.76. The van der Waals surface area contributed by atoms with Crippen LogP contribution in [0.25, 0.3) is 0 Å². The van der Waals surface area contributed by atoms with Crippen LogP contribution in [0.1, 0.15) is 15.9 Å². The van der Waals surface area contributed by atoms with Crippen molar-refractivity contribution in [1.82, 2.24) is 0 Å². The van der Waals surface area contributed by atoms with E-state index in [1.54, 1.807) is 18.2 Å². The van der Waals surface area contributed by atoms with Gasteiger partial charge in [-0.1, -0.05) is 29.3 Å². The van der Waals surface area contributed by atoms with Crippen molar-refractivity contribution < 1.29 is 9.72 Å². The fourth-order valence-corrected chi connectivity index (χ4v) is 2.24. The van der Waals surface area contributed by atoms with Gasteiger partial charge in [0, 0.05) is 11.1 Å². The summed E-state index contributed by atoms with van der Waals surface area (Å²) in [6.45, 7) is 1.84. The maximum absolute atomic E-state index is 12.2. The van der Waals surface area contributed by atoms with Crippen LogP contribution in [0.5, 0.6) is 0 Å². The molecule has 2 aromatic rings. The Labute approximate surface area is 130 Å². The summed E-state index contributed by atoms with van der Waals surface area (Å²) in [5.74, 6) is -0.523. The highest BCUT2D eigenvalue weighted by atomic mass is 35.5. The minimum absolute atomic E-state index is 0.0611. The predicted molar refractivity (Wildman–Crippen MR) is 82.2 cm³/mol. The standard InChI is InChI=1S/C14H10Cl2N2O3/c1-8-2-4-10(11(16)6-8)14(19)17-12-5-3-9(15)7-13(12)18(20)21/h2-7H,1H3,(H,17,19). The number of halogens is 2. The Morgan fingerprint density at radius 1 is 1.19 bits per heavy atom. The van der Waals surface area contributed by atoms with E-state index in [4.69, 9.17) is 23.2 Å². The van der Waals surface area contributed by atoms with Gasteiger partial charge in [0.1, 0.15) is 5.69 Å². The van der Waals surface area contributed by atoms with Crippen LogP contribution >= 0.6 is 23.2 Å². The lowest BCUT2D eigenvalue weighted by Crippen LogP contribution is -2.13. The molecule has 0 unspecified atom stereocenters. The molecular formula is C14H10Cl2N2O3. The first-order valence-corrected chi connectivity index (χ1v) is 6.65. The molecule has 5 nitrogen and oxygen atoms in total. The van der Waals surface area contributed by atoms with Gasteiger partial charge in [0.25, 0.3) is 11.6 Å². The van der Waals surface area contributed by atoms with E-state index in [2.05, 4.69) is 5.32 Å².